The molecule has 2 rings (SSSR count). The average molecular weight is 438 g/mol. The van der Waals surface area contributed by atoms with Crippen molar-refractivity contribution in [1.82, 2.24) is 20.3 Å². The number of nitrogens with one attached hydrogen (secondary N) is 3. The van der Waals surface area contributed by atoms with E-state index in [0.717, 1.165) is 47.3 Å². The number of hydrogen-bond donors (Lipinski definition) is 3. The monoisotopic (exact) mass is 437 g/mol. The summed E-state index contributed by atoms with van der Waals surface area (Å²) in [5.41, 5.74) is 2.87. The summed E-state index contributed by atoms with van der Waals surface area (Å²) >= 11 is 1.66. The van der Waals surface area contributed by atoms with Gasteiger partial charge in [-0.2, -0.15) is 0 Å². The fraction of sp³-hybridized carbons (Fsp3) is 0.500. The highest BCUT2D eigenvalue weighted by Crippen LogP contribution is 2.10. The first kappa shape index (κ1) is 23.3. The van der Waals surface area contributed by atoms with E-state index in [0.29, 0.717) is 6.54 Å². The molecule has 29 heavy (non-hydrogen) atoms. The molecular formula is C20H31N5O2S2. The number of guanidine groups is 1. The fourth-order valence-corrected chi connectivity index (χ4v) is 4.79. The van der Waals surface area contributed by atoms with Gasteiger partial charge < -0.3 is 10.6 Å². The number of aliphatic imine (C=N–C) groups is 1. The normalized spacial score (nSPS) is 12.4. The number of hydrogen-bond acceptors (Lipinski definition) is 5. The summed E-state index contributed by atoms with van der Waals surface area (Å²) in [7, 11) is -3.31. The highest BCUT2D eigenvalue weighted by atomic mass is 32.2. The van der Waals surface area contributed by atoms with Crippen LogP contribution in [0.25, 0.3) is 0 Å². The zero-order valence-corrected chi connectivity index (χ0v) is 19.2. The molecule has 0 aliphatic rings. The standard InChI is InChI=1S/C20H31N5O2S2/c1-5-21-20(22-11-10-19-13-28-16(4)24-19)23-12-17-6-8-18(9-7-17)14-29(26,27)25-15(2)3/h6-9,13,15,25H,5,10-12,14H2,1-4H3,(H2,21,22,23). The Morgan fingerprint density at radius 3 is 2.45 bits per heavy atom. The minimum atomic E-state index is -3.31. The van der Waals surface area contributed by atoms with E-state index in [1.807, 2.05) is 52.0 Å². The second kappa shape index (κ2) is 11.3. The van der Waals surface area contributed by atoms with Crippen LogP contribution in [0.3, 0.4) is 0 Å². The minimum absolute atomic E-state index is 0.0188. The molecule has 0 radical (unpaired) electrons. The molecular weight excluding hydrogens is 406 g/mol. The first-order valence-electron chi connectivity index (χ1n) is 9.78. The Hall–Kier alpha value is -1.97. The Kier molecular flexibility index (Phi) is 9.06. The van der Waals surface area contributed by atoms with Gasteiger partial charge >= 0.3 is 0 Å². The van der Waals surface area contributed by atoms with E-state index in [-0.39, 0.29) is 11.8 Å². The predicted octanol–water partition coefficient (Wildman–Crippen LogP) is 2.58. The SMILES string of the molecule is CCNC(=NCc1ccc(CS(=O)(=O)NC(C)C)cc1)NCCc1csc(C)n1. The van der Waals surface area contributed by atoms with E-state index in [9.17, 15) is 8.42 Å². The third kappa shape index (κ3) is 8.93. The molecule has 0 atom stereocenters. The van der Waals surface area contributed by atoms with Gasteiger partial charge in [0.1, 0.15) is 0 Å². The van der Waals surface area contributed by atoms with Crippen LogP contribution in [0.4, 0.5) is 0 Å². The molecule has 7 nitrogen and oxygen atoms in total. The molecule has 9 heteroatoms. The lowest BCUT2D eigenvalue weighted by atomic mass is 10.1. The molecule has 0 spiro atoms. The number of thiazole rings is 1. The molecule has 0 saturated carbocycles. The number of sulfonamides is 1. The molecule has 0 unspecified atom stereocenters. The maximum atomic E-state index is 12.0. The predicted molar refractivity (Wildman–Crippen MR) is 121 cm³/mol. The van der Waals surface area contributed by atoms with Crippen molar-refractivity contribution in [1.29, 1.82) is 0 Å². The Bertz CT molecular complexity index is 890. The van der Waals surface area contributed by atoms with Crippen molar-refractivity contribution in [2.45, 2.75) is 52.5 Å². The molecule has 1 aromatic carbocycles. The van der Waals surface area contributed by atoms with Gasteiger partial charge in [0, 0.05) is 30.9 Å². The summed E-state index contributed by atoms with van der Waals surface area (Å²) in [6.45, 7) is 9.72. The minimum Gasteiger partial charge on any atom is -0.357 e. The van der Waals surface area contributed by atoms with Gasteiger partial charge in [-0.1, -0.05) is 24.3 Å². The Morgan fingerprint density at radius 2 is 1.86 bits per heavy atom. The van der Waals surface area contributed by atoms with Crippen LogP contribution in [0.5, 0.6) is 0 Å². The van der Waals surface area contributed by atoms with Crippen LogP contribution in [0.2, 0.25) is 0 Å². The zero-order valence-electron chi connectivity index (χ0n) is 17.5. The number of aromatic nitrogens is 1. The molecule has 2 aromatic rings. The number of rotatable bonds is 10. The van der Waals surface area contributed by atoms with Crippen molar-refractivity contribution >= 4 is 27.3 Å². The summed E-state index contributed by atoms with van der Waals surface area (Å²) in [5, 5.41) is 9.73. The van der Waals surface area contributed by atoms with Crippen LogP contribution in [0.15, 0.2) is 34.6 Å². The lowest BCUT2D eigenvalue weighted by molar-refractivity contribution is 0.569. The van der Waals surface area contributed by atoms with Gasteiger partial charge in [0.2, 0.25) is 10.0 Å². The molecule has 0 amide bonds. The maximum Gasteiger partial charge on any atom is 0.216 e. The molecule has 0 aliphatic heterocycles. The van der Waals surface area contributed by atoms with Crippen LogP contribution >= 0.6 is 11.3 Å². The molecule has 0 fully saturated rings. The van der Waals surface area contributed by atoms with Gasteiger partial charge in [-0.25, -0.2) is 23.1 Å². The Balaban J connectivity index is 1.89. The van der Waals surface area contributed by atoms with Gasteiger partial charge in [0.15, 0.2) is 5.96 Å². The van der Waals surface area contributed by atoms with Crippen molar-refractivity contribution in [2.75, 3.05) is 13.1 Å². The summed E-state index contributed by atoms with van der Waals surface area (Å²) < 4.78 is 26.7. The molecule has 160 valence electrons. The highest BCUT2D eigenvalue weighted by Gasteiger charge is 2.12. The van der Waals surface area contributed by atoms with Crippen LogP contribution in [0, 0.1) is 6.92 Å². The topological polar surface area (TPSA) is 95.5 Å². The van der Waals surface area contributed by atoms with E-state index >= 15 is 0 Å². The summed E-state index contributed by atoms with van der Waals surface area (Å²) in [6, 6.07) is 7.42. The zero-order chi connectivity index (χ0) is 21.3. The van der Waals surface area contributed by atoms with Crippen LogP contribution < -0.4 is 15.4 Å². The van der Waals surface area contributed by atoms with Crippen LogP contribution in [-0.2, 0) is 28.7 Å². The molecule has 0 bridgehead atoms. The molecule has 1 heterocycles. The van der Waals surface area contributed by atoms with E-state index in [1.165, 1.54) is 0 Å². The van der Waals surface area contributed by atoms with Crippen molar-refractivity contribution < 1.29 is 8.42 Å². The Labute approximate surface area is 178 Å². The third-order valence-electron chi connectivity index (χ3n) is 3.90. The lowest BCUT2D eigenvalue weighted by Crippen LogP contribution is -2.38. The molecule has 1 aromatic heterocycles. The fourth-order valence-electron chi connectivity index (χ4n) is 2.71. The van der Waals surface area contributed by atoms with Crippen molar-refractivity contribution in [3.05, 3.63) is 51.5 Å². The molecule has 0 saturated heterocycles. The Morgan fingerprint density at radius 1 is 1.17 bits per heavy atom. The first-order valence-corrected chi connectivity index (χ1v) is 12.3. The van der Waals surface area contributed by atoms with Gasteiger partial charge in [0.05, 0.1) is 23.0 Å². The largest absolute Gasteiger partial charge is 0.357 e. The van der Waals surface area contributed by atoms with E-state index < -0.39 is 10.0 Å². The first-order chi connectivity index (χ1) is 13.8. The molecule has 0 aliphatic carbocycles. The van der Waals surface area contributed by atoms with E-state index in [1.54, 1.807) is 11.3 Å². The second-order valence-corrected chi connectivity index (χ2v) is 9.89. The van der Waals surface area contributed by atoms with E-state index in [2.05, 4.69) is 30.7 Å². The van der Waals surface area contributed by atoms with Gasteiger partial charge in [-0.15, -0.1) is 11.3 Å². The second-order valence-electron chi connectivity index (χ2n) is 7.08. The van der Waals surface area contributed by atoms with Gasteiger partial charge in [0.25, 0.3) is 0 Å². The summed E-state index contributed by atoms with van der Waals surface area (Å²) in [4.78, 5) is 9.08. The summed E-state index contributed by atoms with van der Waals surface area (Å²) in [6.07, 6.45) is 0.850. The molecule has 3 N–H and O–H groups in total. The number of aryl methyl sites for hydroxylation is 1. The van der Waals surface area contributed by atoms with Crippen LogP contribution in [-0.4, -0.2) is 38.5 Å². The number of nitrogens with zero attached hydrogens (tertiary/aromatic N) is 2. The van der Waals surface area contributed by atoms with Gasteiger partial charge in [-0.05, 0) is 38.8 Å². The maximum absolute atomic E-state index is 12.0. The smallest absolute Gasteiger partial charge is 0.216 e. The average Bonchev–Trinajstić information content (AvgIpc) is 3.04. The lowest BCUT2D eigenvalue weighted by Gasteiger charge is -2.11. The quantitative estimate of drug-likeness (QED) is 0.392. The van der Waals surface area contributed by atoms with Gasteiger partial charge in [-0.3, -0.25) is 0 Å². The van der Waals surface area contributed by atoms with Crippen LogP contribution in [0.1, 0.15) is 42.6 Å². The number of benzene rings is 1. The third-order valence-corrected chi connectivity index (χ3v) is 6.27. The van der Waals surface area contributed by atoms with E-state index in [4.69, 9.17) is 0 Å². The van der Waals surface area contributed by atoms with Crippen molar-refractivity contribution in [3.63, 3.8) is 0 Å². The highest BCUT2D eigenvalue weighted by molar-refractivity contribution is 7.88. The van der Waals surface area contributed by atoms with Crippen molar-refractivity contribution in [3.8, 4) is 0 Å². The summed E-state index contributed by atoms with van der Waals surface area (Å²) in [5.74, 6) is 0.738. The van der Waals surface area contributed by atoms with Crippen molar-refractivity contribution in [2.24, 2.45) is 4.99 Å².